The quantitative estimate of drug-likeness (QED) is 0.820. The smallest absolute Gasteiger partial charge is 0.409 e. The van der Waals surface area contributed by atoms with Crippen LogP contribution in [0.2, 0.25) is 5.02 Å². The Balaban J connectivity index is 2.34. The van der Waals surface area contributed by atoms with E-state index in [1.807, 2.05) is 11.4 Å². The number of carboxylic acid groups (broad SMARTS) is 1. The molecule has 0 aliphatic rings. The molecule has 6 heteroatoms. The third kappa shape index (κ3) is 3.00. The molecule has 0 fully saturated rings. The molecule has 1 aromatic carbocycles. The summed E-state index contributed by atoms with van der Waals surface area (Å²) in [4.78, 5) is 11.5. The fraction of sp³-hybridized carbons (Fsp3) is 0. The van der Waals surface area contributed by atoms with Crippen LogP contribution in [0, 0.1) is 0 Å². The third-order valence-corrected chi connectivity index (χ3v) is 4.09. The van der Waals surface area contributed by atoms with Gasteiger partial charge in [-0.2, -0.15) is 0 Å². The lowest BCUT2D eigenvalue weighted by Crippen LogP contribution is -2.06. The first-order valence-corrected chi connectivity index (χ1v) is 6.65. The summed E-state index contributed by atoms with van der Waals surface area (Å²) in [7, 11) is 0. The maximum absolute atomic E-state index is 10.5. The van der Waals surface area contributed by atoms with Crippen molar-refractivity contribution in [3.63, 3.8) is 0 Å². The van der Waals surface area contributed by atoms with E-state index in [4.69, 9.17) is 16.7 Å². The highest BCUT2D eigenvalue weighted by Crippen LogP contribution is 2.35. The first kappa shape index (κ1) is 12.4. The van der Waals surface area contributed by atoms with Crippen molar-refractivity contribution >= 4 is 50.6 Å². The summed E-state index contributed by atoms with van der Waals surface area (Å²) < 4.78 is 1.00. The van der Waals surface area contributed by atoms with E-state index in [-0.39, 0.29) is 0 Å². The number of amides is 1. The predicted octanol–water partition coefficient (Wildman–Crippen LogP) is 4.92. The third-order valence-electron chi connectivity index (χ3n) is 2.05. The molecule has 0 unspecified atom stereocenters. The molecule has 0 aliphatic carbocycles. The van der Waals surface area contributed by atoms with E-state index in [0.717, 1.165) is 14.9 Å². The van der Waals surface area contributed by atoms with Crippen molar-refractivity contribution in [1.29, 1.82) is 0 Å². The van der Waals surface area contributed by atoms with Crippen LogP contribution in [0.4, 0.5) is 10.5 Å². The molecule has 1 amide bonds. The molecule has 0 radical (unpaired) electrons. The Morgan fingerprint density at radius 1 is 1.41 bits per heavy atom. The number of carbonyl (C=O) groups is 1. The largest absolute Gasteiger partial charge is 0.465 e. The van der Waals surface area contributed by atoms with Crippen LogP contribution in [0.25, 0.3) is 10.4 Å². The number of thiophene rings is 1. The first-order chi connectivity index (χ1) is 8.06. The zero-order valence-corrected chi connectivity index (χ0v) is 11.6. The summed E-state index contributed by atoms with van der Waals surface area (Å²) in [6.45, 7) is 0. The van der Waals surface area contributed by atoms with Crippen LogP contribution in [0.3, 0.4) is 0 Å². The highest BCUT2D eigenvalue weighted by molar-refractivity contribution is 9.10. The second-order valence-electron chi connectivity index (χ2n) is 3.25. The van der Waals surface area contributed by atoms with Crippen LogP contribution in [0.5, 0.6) is 0 Å². The van der Waals surface area contributed by atoms with Crippen molar-refractivity contribution in [1.82, 2.24) is 0 Å². The lowest BCUT2D eigenvalue weighted by molar-refractivity contribution is 0.210. The normalized spacial score (nSPS) is 10.2. The van der Waals surface area contributed by atoms with E-state index < -0.39 is 6.09 Å². The van der Waals surface area contributed by atoms with E-state index in [9.17, 15) is 4.79 Å². The molecule has 0 bridgehead atoms. The van der Waals surface area contributed by atoms with Crippen LogP contribution >= 0.6 is 38.9 Å². The zero-order chi connectivity index (χ0) is 12.4. The summed E-state index contributed by atoms with van der Waals surface area (Å²) in [5.74, 6) is 0. The monoisotopic (exact) mass is 331 g/mol. The van der Waals surface area contributed by atoms with Gasteiger partial charge in [-0.1, -0.05) is 11.6 Å². The second-order valence-corrected chi connectivity index (χ2v) is 5.49. The standard InChI is InChI=1S/C11H7BrClNO2S/c12-6-3-10(17-5-6)8-2-1-7(4-9(8)13)14-11(15)16/h1-5,14H,(H,15,16). The molecule has 3 nitrogen and oxygen atoms in total. The molecule has 0 aliphatic heterocycles. The molecule has 0 saturated heterocycles. The van der Waals surface area contributed by atoms with Gasteiger partial charge in [0.25, 0.3) is 0 Å². The Morgan fingerprint density at radius 3 is 2.71 bits per heavy atom. The van der Waals surface area contributed by atoms with Gasteiger partial charge in [-0.25, -0.2) is 4.79 Å². The minimum absolute atomic E-state index is 0.460. The molecular formula is C11H7BrClNO2S. The van der Waals surface area contributed by atoms with E-state index in [0.29, 0.717) is 10.7 Å². The van der Waals surface area contributed by atoms with Crippen molar-refractivity contribution in [3.05, 3.63) is 39.1 Å². The maximum atomic E-state index is 10.5. The summed E-state index contributed by atoms with van der Waals surface area (Å²) in [6, 6.07) is 7.05. The number of hydrogen-bond donors (Lipinski definition) is 2. The number of benzene rings is 1. The van der Waals surface area contributed by atoms with Gasteiger partial charge in [-0.3, -0.25) is 5.32 Å². The SMILES string of the molecule is O=C(O)Nc1ccc(-c2cc(Br)cs2)c(Cl)c1. The molecule has 88 valence electrons. The fourth-order valence-electron chi connectivity index (χ4n) is 1.37. The van der Waals surface area contributed by atoms with Gasteiger partial charge in [0.15, 0.2) is 0 Å². The highest BCUT2D eigenvalue weighted by Gasteiger charge is 2.08. The molecule has 1 aromatic heterocycles. The van der Waals surface area contributed by atoms with Crippen LogP contribution < -0.4 is 5.32 Å². The number of anilines is 1. The Kier molecular flexibility index (Phi) is 3.71. The molecule has 0 spiro atoms. The van der Waals surface area contributed by atoms with Crippen LogP contribution in [0.1, 0.15) is 0 Å². The van der Waals surface area contributed by atoms with Crippen molar-refractivity contribution in [3.8, 4) is 10.4 Å². The molecule has 0 atom stereocenters. The van der Waals surface area contributed by atoms with Gasteiger partial charge in [-0.15, -0.1) is 11.3 Å². The molecule has 2 N–H and O–H groups in total. The van der Waals surface area contributed by atoms with Gasteiger partial charge in [0, 0.05) is 26.0 Å². The summed E-state index contributed by atoms with van der Waals surface area (Å²) >= 11 is 11.1. The number of halogens is 2. The summed E-state index contributed by atoms with van der Waals surface area (Å²) in [6.07, 6.45) is -1.10. The van der Waals surface area contributed by atoms with Gasteiger partial charge in [0.05, 0.1) is 5.02 Å². The number of rotatable bonds is 2. The zero-order valence-electron chi connectivity index (χ0n) is 8.41. The number of hydrogen-bond acceptors (Lipinski definition) is 2. The summed E-state index contributed by atoms with van der Waals surface area (Å²) in [5.41, 5.74) is 1.35. The van der Waals surface area contributed by atoms with E-state index in [1.165, 1.54) is 0 Å². The predicted molar refractivity (Wildman–Crippen MR) is 74.1 cm³/mol. The van der Waals surface area contributed by atoms with Crippen molar-refractivity contribution in [2.24, 2.45) is 0 Å². The fourth-order valence-corrected chi connectivity index (χ4v) is 3.18. The van der Waals surface area contributed by atoms with Crippen molar-refractivity contribution in [2.75, 3.05) is 5.32 Å². The molecule has 0 saturated carbocycles. The Morgan fingerprint density at radius 2 is 2.18 bits per heavy atom. The molecule has 2 aromatic rings. The van der Waals surface area contributed by atoms with E-state index in [1.54, 1.807) is 29.5 Å². The average molecular weight is 333 g/mol. The Bertz CT molecular complexity index is 570. The molecular weight excluding hydrogens is 326 g/mol. The van der Waals surface area contributed by atoms with Crippen LogP contribution in [0.15, 0.2) is 34.1 Å². The minimum atomic E-state index is -1.10. The van der Waals surface area contributed by atoms with Crippen LogP contribution in [-0.4, -0.2) is 11.2 Å². The lowest BCUT2D eigenvalue weighted by Gasteiger charge is -2.05. The van der Waals surface area contributed by atoms with E-state index in [2.05, 4.69) is 21.2 Å². The van der Waals surface area contributed by atoms with E-state index >= 15 is 0 Å². The van der Waals surface area contributed by atoms with Crippen LogP contribution in [-0.2, 0) is 0 Å². The topological polar surface area (TPSA) is 49.3 Å². The lowest BCUT2D eigenvalue weighted by atomic mass is 10.1. The average Bonchev–Trinajstić information content (AvgIpc) is 2.64. The number of nitrogens with one attached hydrogen (secondary N) is 1. The minimum Gasteiger partial charge on any atom is -0.465 e. The molecule has 17 heavy (non-hydrogen) atoms. The van der Waals surface area contributed by atoms with Gasteiger partial charge in [-0.05, 0) is 40.2 Å². The molecule has 1 heterocycles. The first-order valence-electron chi connectivity index (χ1n) is 4.60. The highest BCUT2D eigenvalue weighted by atomic mass is 79.9. The Labute approximate surface area is 115 Å². The Hall–Kier alpha value is -1.04. The van der Waals surface area contributed by atoms with Crippen molar-refractivity contribution < 1.29 is 9.90 Å². The van der Waals surface area contributed by atoms with Gasteiger partial charge < -0.3 is 5.11 Å². The summed E-state index contributed by atoms with van der Waals surface area (Å²) in [5, 5.41) is 13.3. The second kappa shape index (κ2) is 5.08. The maximum Gasteiger partial charge on any atom is 0.409 e. The van der Waals surface area contributed by atoms with Gasteiger partial charge in [0.1, 0.15) is 0 Å². The van der Waals surface area contributed by atoms with Gasteiger partial charge >= 0.3 is 6.09 Å². The van der Waals surface area contributed by atoms with Gasteiger partial charge in [0.2, 0.25) is 0 Å². The molecule has 2 rings (SSSR count). The van der Waals surface area contributed by atoms with Crippen molar-refractivity contribution in [2.45, 2.75) is 0 Å².